The molecule has 0 bridgehead atoms. The highest BCUT2D eigenvalue weighted by molar-refractivity contribution is 8.01. The van der Waals surface area contributed by atoms with Crippen molar-refractivity contribution in [1.29, 1.82) is 0 Å². The normalized spacial score (nSPS) is 19.0. The van der Waals surface area contributed by atoms with Gasteiger partial charge < -0.3 is 20.1 Å². The summed E-state index contributed by atoms with van der Waals surface area (Å²) >= 11 is 1.32. The molecule has 1 aromatic heterocycles. The van der Waals surface area contributed by atoms with E-state index in [1.165, 1.54) is 11.8 Å². The van der Waals surface area contributed by atoms with Gasteiger partial charge in [0.15, 0.2) is 5.82 Å². The van der Waals surface area contributed by atoms with Gasteiger partial charge in [0, 0.05) is 25.7 Å². The van der Waals surface area contributed by atoms with Crippen LogP contribution in [0, 0.1) is 6.92 Å². The number of thioether (sulfide) groups is 1. The lowest BCUT2D eigenvalue weighted by atomic mass is 10.2. The van der Waals surface area contributed by atoms with E-state index in [0.717, 1.165) is 19.5 Å². The Morgan fingerprint density at radius 2 is 2.41 bits per heavy atom. The van der Waals surface area contributed by atoms with E-state index in [4.69, 9.17) is 4.52 Å². The number of aryl methyl sites for hydroxylation is 1. The third-order valence-corrected chi connectivity index (χ3v) is 4.81. The number of hydrogen-bond acceptors (Lipinski definition) is 6. The Balaban J connectivity index is 1.75. The highest BCUT2D eigenvalue weighted by Gasteiger charge is 2.24. The van der Waals surface area contributed by atoms with E-state index in [1.807, 2.05) is 7.05 Å². The number of hydrogen-bond donors (Lipinski definition) is 2. The fourth-order valence-electron chi connectivity index (χ4n) is 2.20. The SMILES string of the molecule is Cc1cc(NC(=O)C(C)SCC(=O)N(C)C2CCNC2)no1. The fourth-order valence-corrected chi connectivity index (χ4v) is 3.01. The summed E-state index contributed by atoms with van der Waals surface area (Å²) in [5, 5.41) is 9.29. The summed E-state index contributed by atoms with van der Waals surface area (Å²) in [5.41, 5.74) is 0. The number of nitrogens with one attached hydrogen (secondary N) is 2. The van der Waals surface area contributed by atoms with Crippen LogP contribution in [0.3, 0.4) is 0 Å². The first-order valence-corrected chi connectivity index (χ1v) is 8.34. The number of rotatable bonds is 6. The molecule has 0 spiro atoms. The second-order valence-corrected chi connectivity index (χ2v) is 6.75. The zero-order chi connectivity index (χ0) is 16.1. The minimum absolute atomic E-state index is 0.0515. The quantitative estimate of drug-likeness (QED) is 0.806. The number of aromatic nitrogens is 1. The van der Waals surface area contributed by atoms with Crippen LogP contribution in [0.5, 0.6) is 0 Å². The van der Waals surface area contributed by atoms with Gasteiger partial charge in [-0.05, 0) is 26.8 Å². The van der Waals surface area contributed by atoms with Gasteiger partial charge in [0.05, 0.1) is 11.0 Å². The lowest BCUT2D eigenvalue weighted by Crippen LogP contribution is -2.39. The molecule has 2 heterocycles. The van der Waals surface area contributed by atoms with Gasteiger partial charge in [0.25, 0.3) is 0 Å². The molecule has 2 N–H and O–H groups in total. The third kappa shape index (κ3) is 4.48. The van der Waals surface area contributed by atoms with Crippen molar-refractivity contribution in [2.75, 3.05) is 31.2 Å². The number of amides is 2. The number of nitrogens with zero attached hydrogens (tertiary/aromatic N) is 2. The van der Waals surface area contributed by atoms with E-state index >= 15 is 0 Å². The summed E-state index contributed by atoms with van der Waals surface area (Å²) in [6.45, 7) is 5.32. The van der Waals surface area contributed by atoms with Crippen molar-refractivity contribution in [2.45, 2.75) is 31.6 Å². The summed E-state index contributed by atoms with van der Waals surface area (Å²) in [6.07, 6.45) is 0.981. The Labute approximate surface area is 134 Å². The second-order valence-electron chi connectivity index (χ2n) is 5.42. The van der Waals surface area contributed by atoms with Crippen LogP contribution in [0.15, 0.2) is 10.6 Å². The molecule has 2 unspecified atom stereocenters. The van der Waals surface area contributed by atoms with Crippen LogP contribution in [0.2, 0.25) is 0 Å². The number of carbonyl (C=O) groups excluding carboxylic acids is 2. The van der Waals surface area contributed by atoms with Gasteiger partial charge in [-0.25, -0.2) is 0 Å². The summed E-state index contributed by atoms with van der Waals surface area (Å²) in [7, 11) is 1.82. The van der Waals surface area contributed by atoms with Crippen LogP contribution in [0.4, 0.5) is 5.82 Å². The van der Waals surface area contributed by atoms with E-state index < -0.39 is 0 Å². The number of carbonyl (C=O) groups is 2. The van der Waals surface area contributed by atoms with Crippen molar-refractivity contribution in [3.05, 3.63) is 11.8 Å². The topological polar surface area (TPSA) is 87.5 Å². The maximum Gasteiger partial charge on any atom is 0.238 e. The van der Waals surface area contributed by atoms with Crippen molar-refractivity contribution in [3.63, 3.8) is 0 Å². The van der Waals surface area contributed by atoms with E-state index in [9.17, 15) is 9.59 Å². The van der Waals surface area contributed by atoms with E-state index in [2.05, 4.69) is 15.8 Å². The smallest absolute Gasteiger partial charge is 0.238 e. The highest BCUT2D eigenvalue weighted by atomic mass is 32.2. The first kappa shape index (κ1) is 16.8. The predicted molar refractivity (Wildman–Crippen MR) is 85.8 cm³/mol. The van der Waals surface area contributed by atoms with Gasteiger partial charge >= 0.3 is 0 Å². The van der Waals surface area contributed by atoms with Gasteiger partial charge in [-0.2, -0.15) is 0 Å². The van der Waals surface area contributed by atoms with Gasteiger partial charge in [0.1, 0.15) is 5.76 Å². The maximum atomic E-state index is 12.1. The average Bonchev–Trinajstić information content (AvgIpc) is 3.15. The van der Waals surface area contributed by atoms with E-state index in [-0.39, 0.29) is 23.1 Å². The van der Waals surface area contributed by atoms with Crippen molar-refractivity contribution in [2.24, 2.45) is 0 Å². The van der Waals surface area contributed by atoms with Crippen LogP contribution < -0.4 is 10.6 Å². The molecule has 1 aromatic rings. The minimum Gasteiger partial charge on any atom is -0.360 e. The molecule has 0 aromatic carbocycles. The van der Waals surface area contributed by atoms with Gasteiger partial charge in [-0.15, -0.1) is 11.8 Å². The Hall–Kier alpha value is -1.54. The first-order valence-electron chi connectivity index (χ1n) is 7.29. The summed E-state index contributed by atoms with van der Waals surface area (Å²) in [5.74, 6) is 1.19. The Morgan fingerprint density at radius 1 is 1.64 bits per heavy atom. The predicted octanol–water partition coefficient (Wildman–Crippen LogP) is 0.864. The zero-order valence-electron chi connectivity index (χ0n) is 13.1. The molecule has 1 saturated heterocycles. The van der Waals surface area contributed by atoms with Crippen molar-refractivity contribution < 1.29 is 14.1 Å². The van der Waals surface area contributed by atoms with Crippen LogP contribution in [0.1, 0.15) is 19.1 Å². The second kappa shape index (κ2) is 7.64. The van der Waals surface area contributed by atoms with Crippen LogP contribution >= 0.6 is 11.8 Å². The molecular formula is C14H22N4O3S. The molecule has 8 heteroatoms. The molecule has 1 aliphatic rings. The van der Waals surface area contributed by atoms with Gasteiger partial charge in [0.2, 0.25) is 11.8 Å². The van der Waals surface area contributed by atoms with E-state index in [1.54, 1.807) is 24.8 Å². The van der Waals surface area contributed by atoms with Crippen LogP contribution in [-0.4, -0.2) is 59.1 Å². The monoisotopic (exact) mass is 326 g/mol. The minimum atomic E-state index is -0.337. The van der Waals surface area contributed by atoms with E-state index in [0.29, 0.717) is 17.3 Å². The summed E-state index contributed by atoms with van der Waals surface area (Å²) < 4.78 is 4.89. The maximum absolute atomic E-state index is 12.1. The Kier molecular flexibility index (Phi) is 5.84. The molecule has 1 aliphatic heterocycles. The molecule has 2 atom stereocenters. The van der Waals surface area contributed by atoms with Crippen LogP contribution in [0.25, 0.3) is 0 Å². The molecule has 122 valence electrons. The number of anilines is 1. The average molecular weight is 326 g/mol. The Bertz CT molecular complexity index is 528. The third-order valence-electron chi connectivity index (χ3n) is 3.68. The lowest BCUT2D eigenvalue weighted by molar-refractivity contribution is -0.128. The van der Waals surface area contributed by atoms with Gasteiger partial charge in [-0.1, -0.05) is 5.16 Å². The molecule has 1 fully saturated rings. The molecule has 2 rings (SSSR count). The van der Waals surface area contributed by atoms with Crippen LogP contribution in [-0.2, 0) is 9.59 Å². The zero-order valence-corrected chi connectivity index (χ0v) is 13.9. The van der Waals surface area contributed by atoms with Crippen molar-refractivity contribution in [3.8, 4) is 0 Å². The number of likely N-dealkylation sites (N-methyl/N-ethyl adjacent to an activating group) is 1. The molecule has 0 saturated carbocycles. The molecule has 0 radical (unpaired) electrons. The standard InChI is InChI=1S/C14H22N4O3S/c1-9-6-12(17-21-9)16-14(20)10(2)22-8-13(19)18(3)11-4-5-15-7-11/h6,10-11,15H,4-5,7-8H2,1-3H3,(H,16,17,20). The highest BCUT2D eigenvalue weighted by Crippen LogP contribution is 2.16. The van der Waals surface area contributed by atoms with Crippen molar-refractivity contribution in [1.82, 2.24) is 15.4 Å². The lowest BCUT2D eigenvalue weighted by Gasteiger charge is -2.24. The Morgan fingerprint density at radius 3 is 3.00 bits per heavy atom. The summed E-state index contributed by atoms with van der Waals surface area (Å²) in [4.78, 5) is 25.9. The molecule has 22 heavy (non-hydrogen) atoms. The first-order chi connectivity index (χ1) is 10.5. The molecule has 7 nitrogen and oxygen atoms in total. The molecule has 2 amide bonds. The van der Waals surface area contributed by atoms with Crippen molar-refractivity contribution >= 4 is 29.4 Å². The fraction of sp³-hybridized carbons (Fsp3) is 0.643. The van der Waals surface area contributed by atoms with Gasteiger partial charge in [-0.3, -0.25) is 9.59 Å². The molecular weight excluding hydrogens is 304 g/mol. The molecule has 0 aliphatic carbocycles. The largest absolute Gasteiger partial charge is 0.360 e. The summed E-state index contributed by atoms with van der Waals surface area (Å²) in [6, 6.07) is 1.91.